The number of ether oxygens (including phenoxy) is 4. The summed E-state index contributed by atoms with van der Waals surface area (Å²) >= 11 is 28.7. The van der Waals surface area contributed by atoms with Crippen LogP contribution in [-0.2, 0) is 50.6 Å². The first kappa shape index (κ1) is 64.5. The summed E-state index contributed by atoms with van der Waals surface area (Å²) in [5.41, 5.74) is 1.35. The number of methoxy groups -OCH3 is 1. The van der Waals surface area contributed by atoms with Gasteiger partial charge in [-0.25, -0.2) is 9.59 Å². The number of carbonyl (C=O) groups is 5. The van der Waals surface area contributed by atoms with Crippen LogP contribution in [0.2, 0.25) is 10.0 Å². The van der Waals surface area contributed by atoms with Crippen LogP contribution < -0.4 is 15.0 Å². The zero-order valence-electron chi connectivity index (χ0n) is 40.1. The van der Waals surface area contributed by atoms with Crippen molar-refractivity contribution in [1.29, 1.82) is 0 Å². The number of furan rings is 1. The van der Waals surface area contributed by atoms with Crippen LogP contribution in [0.3, 0.4) is 0 Å². The van der Waals surface area contributed by atoms with Crippen molar-refractivity contribution in [3.8, 4) is 11.5 Å². The molecule has 18 nitrogen and oxygen atoms in total. The Hall–Kier alpha value is -4.64. The lowest BCUT2D eigenvalue weighted by molar-refractivity contribution is -0.146. The Morgan fingerprint density at radius 2 is 1.64 bits per heavy atom. The van der Waals surface area contributed by atoms with Crippen molar-refractivity contribution in [3.05, 3.63) is 111 Å². The number of anilines is 1. The minimum Gasteiger partial charge on any atom is -0.480 e. The first-order valence-electron chi connectivity index (χ1n) is 21.4. The summed E-state index contributed by atoms with van der Waals surface area (Å²) in [4.78, 5) is 75.2. The van der Waals surface area contributed by atoms with Gasteiger partial charge >= 0.3 is 31.7 Å². The minimum absolute atomic E-state index is 0.0223. The second-order valence-corrected chi connectivity index (χ2v) is 19.7. The number of hydrogen-bond acceptors (Lipinski definition) is 12. The number of aliphatic carboxylic acids is 2. The smallest absolute Gasteiger partial charge is 0.416 e. The van der Waals surface area contributed by atoms with Crippen molar-refractivity contribution >= 4 is 101 Å². The molecule has 0 saturated carbocycles. The van der Waals surface area contributed by atoms with E-state index in [-0.39, 0.29) is 56.9 Å². The van der Waals surface area contributed by atoms with Gasteiger partial charge in [0.15, 0.2) is 10.9 Å². The van der Waals surface area contributed by atoms with E-state index in [2.05, 4.69) is 18.3 Å². The fraction of sp³-hybridized carbons (Fsp3) is 0.413. The van der Waals surface area contributed by atoms with Gasteiger partial charge in [-0.3, -0.25) is 24.3 Å². The van der Waals surface area contributed by atoms with E-state index in [1.165, 1.54) is 17.0 Å². The van der Waals surface area contributed by atoms with Crippen LogP contribution in [0.4, 0.5) is 18.9 Å². The van der Waals surface area contributed by atoms with Crippen LogP contribution in [0.15, 0.2) is 77.4 Å². The first-order chi connectivity index (χ1) is 33.9. The number of carbonyl (C=O) groups excluding carboxylic acids is 3. The molecule has 2 unspecified atom stereocenters. The maximum atomic E-state index is 12.7. The average Bonchev–Trinajstić information content (AvgIpc) is 3.95. The van der Waals surface area contributed by atoms with Gasteiger partial charge < -0.3 is 53.2 Å². The van der Waals surface area contributed by atoms with Gasteiger partial charge in [-0.1, -0.05) is 71.5 Å². The van der Waals surface area contributed by atoms with Crippen molar-refractivity contribution in [1.82, 2.24) is 10.2 Å². The molecule has 1 fully saturated rings. The summed E-state index contributed by atoms with van der Waals surface area (Å²) in [6, 6.07) is 16.0. The average molecular weight is 1150 g/mol. The molecular weight excluding hydrogens is 1100 g/mol. The van der Waals surface area contributed by atoms with Crippen molar-refractivity contribution in [2.24, 2.45) is 0 Å². The number of carboxylic acids is 2. The largest absolute Gasteiger partial charge is 0.480 e. The molecule has 3 aromatic carbocycles. The molecule has 0 spiro atoms. The maximum absolute atomic E-state index is 12.7. The number of hydrogen-bond donors (Lipinski definition) is 5. The molecule has 404 valence electrons. The molecule has 1 aliphatic heterocycles. The Bertz CT molecular complexity index is 2530. The monoisotopic (exact) mass is 1150 g/mol. The number of aryl methyl sites for hydroxylation is 2. The SMILES string of the molecule is CC1(C)OC(c2ccco2)CN1C(=O)C(Cl)Cl.CCc1cccc(C)c1N(C(=O)CCl)C(C)COC.C[C@H](OC(=O)c1cc(Oc2ccc(C(F)(F)F)cc2Cl)ccc1Cl)C(=O)O.O=C(O)CNCP(=O)(O)O. The molecule has 5 rings (SSSR count). The lowest BCUT2D eigenvalue weighted by Crippen LogP contribution is -2.45. The summed E-state index contributed by atoms with van der Waals surface area (Å²) in [6.07, 6.45) is -4.39. The molecule has 2 amide bonds. The molecule has 0 bridgehead atoms. The van der Waals surface area contributed by atoms with E-state index in [0.717, 1.165) is 48.4 Å². The number of para-hydroxylation sites is 1. The number of benzene rings is 3. The number of nitrogens with zero attached hydrogens (tertiary/aromatic N) is 2. The van der Waals surface area contributed by atoms with Crippen LogP contribution >= 0.6 is 65.6 Å². The molecule has 73 heavy (non-hydrogen) atoms. The van der Waals surface area contributed by atoms with Crippen molar-refractivity contribution in [3.63, 3.8) is 0 Å². The number of alkyl halides is 6. The molecule has 1 saturated heterocycles. The number of rotatable bonds is 17. The maximum Gasteiger partial charge on any atom is 0.416 e. The molecule has 3 atom stereocenters. The molecule has 0 radical (unpaired) electrons. The van der Waals surface area contributed by atoms with Crippen LogP contribution in [0, 0.1) is 6.92 Å². The zero-order valence-corrected chi connectivity index (χ0v) is 44.8. The fourth-order valence-electron chi connectivity index (χ4n) is 6.45. The molecule has 4 aromatic rings. The van der Waals surface area contributed by atoms with Gasteiger partial charge in [-0.05, 0) is 101 Å². The number of amides is 2. The predicted molar refractivity (Wildman–Crippen MR) is 267 cm³/mol. The molecule has 1 aromatic heterocycles. The standard InChI is InChI=1S/C17H11Cl2F3O5.C15H22ClNO2.C11H13Cl2NO3.C3H8NO5P/c1-8(15(23)24)26-16(25)11-7-10(3-4-12(11)18)27-14-5-2-9(6-13(14)19)17(20,21)22;1-5-13-8-6-7-11(2)15(13)17(14(18)9-16)12(3)10-19-4;1-11(2)14(10(15)9(12)13)6-8(17-11)7-4-3-5-16-7;5-3(6)1-4-2-10(7,8)9/h2-8H,1H3,(H,23,24);6-8,12H,5,9-10H2,1-4H3;3-5,8-9H,6H2,1-2H3;4H,1-2H2,(H,5,6)(H2,7,8,9)/t8-;;;/m0.../s1. The van der Waals surface area contributed by atoms with E-state index in [0.29, 0.717) is 25.0 Å². The minimum atomic E-state index is -4.56. The Kier molecular flexibility index (Phi) is 26.0. The van der Waals surface area contributed by atoms with Crippen LogP contribution in [0.25, 0.3) is 0 Å². The van der Waals surface area contributed by atoms with E-state index in [9.17, 15) is 41.7 Å². The predicted octanol–water partition coefficient (Wildman–Crippen LogP) is 10.1. The third-order valence-electron chi connectivity index (χ3n) is 9.79. The van der Waals surface area contributed by atoms with E-state index in [1.807, 2.05) is 32.0 Å². The highest BCUT2D eigenvalue weighted by molar-refractivity contribution is 7.51. The summed E-state index contributed by atoms with van der Waals surface area (Å²) < 4.78 is 74.4. The van der Waals surface area contributed by atoms with Crippen molar-refractivity contribution < 1.29 is 85.1 Å². The lowest BCUT2D eigenvalue weighted by Gasteiger charge is -2.31. The summed E-state index contributed by atoms with van der Waals surface area (Å²) in [5, 5.41) is 18.5. The third kappa shape index (κ3) is 20.9. The van der Waals surface area contributed by atoms with E-state index in [1.54, 1.807) is 38.2 Å². The Balaban J connectivity index is 0.000000351. The first-order valence-corrected chi connectivity index (χ1v) is 25.4. The number of nitrogens with one attached hydrogen (secondary N) is 1. The second-order valence-electron chi connectivity index (χ2n) is 15.9. The van der Waals surface area contributed by atoms with E-state index in [4.69, 9.17) is 101 Å². The van der Waals surface area contributed by atoms with Gasteiger partial charge in [0.2, 0.25) is 5.91 Å². The van der Waals surface area contributed by atoms with Gasteiger partial charge in [-0.2, -0.15) is 13.2 Å². The highest BCUT2D eigenvalue weighted by atomic mass is 35.5. The van der Waals surface area contributed by atoms with Gasteiger partial charge in [0, 0.05) is 7.11 Å². The topological polar surface area (TPSA) is 252 Å². The molecule has 1 aliphatic rings. The van der Waals surface area contributed by atoms with Crippen molar-refractivity contribution in [2.75, 3.05) is 43.9 Å². The molecule has 2 heterocycles. The normalized spacial score (nSPS) is 14.8. The summed E-state index contributed by atoms with van der Waals surface area (Å²) in [6.45, 7) is 11.3. The highest BCUT2D eigenvalue weighted by Gasteiger charge is 2.45. The third-order valence-corrected chi connectivity index (χ3v) is 11.6. The molecule has 5 N–H and O–H groups in total. The zero-order chi connectivity index (χ0) is 55.6. The molecular formula is C46H54Cl5F3N3O15P. The summed E-state index contributed by atoms with van der Waals surface area (Å²) in [7, 11) is -2.46. The van der Waals surface area contributed by atoms with Crippen LogP contribution in [0.1, 0.15) is 73.5 Å². The quantitative estimate of drug-likeness (QED) is 0.0374. The second kappa shape index (κ2) is 29.5. The molecule has 0 aliphatic carbocycles. The van der Waals surface area contributed by atoms with E-state index < -0.39 is 66.7 Å². The van der Waals surface area contributed by atoms with Gasteiger partial charge in [0.05, 0.1) is 65.1 Å². The lowest BCUT2D eigenvalue weighted by atomic mass is 10.0. The van der Waals surface area contributed by atoms with Gasteiger partial charge in [0.1, 0.15) is 35.0 Å². The van der Waals surface area contributed by atoms with Gasteiger partial charge in [0.25, 0.3) is 5.91 Å². The molecule has 27 heteroatoms. The van der Waals surface area contributed by atoms with Crippen LogP contribution in [0.5, 0.6) is 11.5 Å². The Morgan fingerprint density at radius 3 is 2.15 bits per heavy atom. The highest BCUT2D eigenvalue weighted by Crippen LogP contribution is 2.39. The van der Waals surface area contributed by atoms with Gasteiger partial charge in [-0.15, -0.1) is 11.6 Å². The number of esters is 1. The number of carboxylic acid groups (broad SMARTS) is 2. The van der Waals surface area contributed by atoms with E-state index >= 15 is 0 Å². The number of halogens is 8. The Morgan fingerprint density at radius 1 is 0.986 bits per heavy atom. The fourth-order valence-corrected chi connectivity index (χ4v) is 7.63. The van der Waals surface area contributed by atoms with Crippen molar-refractivity contribution in [2.45, 2.75) is 83.0 Å². The summed E-state index contributed by atoms with van der Waals surface area (Å²) in [5.74, 6) is -3.31. The Labute approximate surface area is 443 Å². The van der Waals surface area contributed by atoms with Crippen LogP contribution in [-0.4, -0.2) is 116 Å².